The molecule has 4 aromatic rings. The van der Waals surface area contributed by atoms with Crippen molar-refractivity contribution in [2.75, 3.05) is 19.5 Å². The number of aromatic nitrogens is 5. The minimum absolute atomic E-state index is 0.0993. The van der Waals surface area contributed by atoms with Crippen molar-refractivity contribution in [2.45, 2.75) is 38.5 Å². The fraction of sp³-hybridized carbons (Fsp3) is 0.333. The van der Waals surface area contributed by atoms with Gasteiger partial charge in [0.05, 0.1) is 18.9 Å². The molecule has 4 heterocycles. The number of hydrogen-bond acceptors (Lipinski definition) is 7. The average Bonchev–Trinajstić information content (AvgIpc) is 3.55. The number of rotatable bonds is 11. The lowest BCUT2D eigenvalue weighted by Crippen LogP contribution is -2.10. The largest absolute Gasteiger partial charge is 0.383 e. The quantitative estimate of drug-likeness (QED) is 0.229. The number of carbonyl (C=O) groups is 1. The van der Waals surface area contributed by atoms with Gasteiger partial charge in [-0.05, 0) is 49.9 Å². The number of aryl methyl sites for hydroxylation is 2. The van der Waals surface area contributed by atoms with E-state index < -0.39 is 0 Å². The molecule has 0 unspecified atom stereocenters. The van der Waals surface area contributed by atoms with Crippen LogP contribution in [0, 0.1) is 13.8 Å². The highest BCUT2D eigenvalue weighted by Crippen LogP contribution is 2.25. The van der Waals surface area contributed by atoms with Crippen molar-refractivity contribution in [2.24, 2.45) is 0 Å². The van der Waals surface area contributed by atoms with Gasteiger partial charge in [-0.15, -0.1) is 21.5 Å². The summed E-state index contributed by atoms with van der Waals surface area (Å²) in [5.74, 6) is 1.15. The monoisotopic (exact) mass is 481 g/mol. The Bertz CT molecular complexity index is 1200. The molecule has 0 saturated carbocycles. The first kappa shape index (κ1) is 23.4. The summed E-state index contributed by atoms with van der Waals surface area (Å²) in [5.41, 5.74) is 3.85. The van der Waals surface area contributed by atoms with Gasteiger partial charge >= 0.3 is 0 Å². The SMILES string of the molecule is COCCn1c(SCC(=O)c2cc(C)n(CCc3cccs3)c2C)nnc1-c1ccncc1. The fourth-order valence-corrected chi connectivity index (χ4v) is 5.35. The maximum Gasteiger partial charge on any atom is 0.192 e. The van der Waals surface area contributed by atoms with Crippen LogP contribution >= 0.6 is 23.1 Å². The second-order valence-corrected chi connectivity index (χ2v) is 9.64. The average molecular weight is 482 g/mol. The molecule has 0 aliphatic rings. The van der Waals surface area contributed by atoms with Crippen LogP contribution in [0.5, 0.6) is 0 Å². The van der Waals surface area contributed by atoms with Gasteiger partial charge in [-0.1, -0.05) is 17.8 Å². The zero-order valence-electron chi connectivity index (χ0n) is 19.0. The predicted octanol–water partition coefficient (Wildman–Crippen LogP) is 4.68. The third-order valence-corrected chi connectivity index (χ3v) is 7.45. The molecular weight excluding hydrogens is 454 g/mol. The standard InChI is InChI=1S/C24H27N5O2S2/c1-17-15-21(18(2)28(17)11-8-20-5-4-14-32-20)22(30)16-33-24-27-26-23(29(24)12-13-31-3)19-6-9-25-10-7-19/h4-7,9-10,14-15H,8,11-13,16H2,1-3H3. The van der Waals surface area contributed by atoms with Crippen molar-refractivity contribution in [1.82, 2.24) is 24.3 Å². The molecule has 0 radical (unpaired) electrons. The number of ether oxygens (including phenoxy) is 1. The van der Waals surface area contributed by atoms with Crippen LogP contribution in [-0.4, -0.2) is 49.6 Å². The maximum atomic E-state index is 13.1. The van der Waals surface area contributed by atoms with Gasteiger partial charge in [0.25, 0.3) is 0 Å². The number of thiophene rings is 1. The molecule has 7 nitrogen and oxygen atoms in total. The highest BCUT2D eigenvalue weighted by atomic mass is 32.2. The van der Waals surface area contributed by atoms with E-state index in [-0.39, 0.29) is 5.78 Å². The van der Waals surface area contributed by atoms with Crippen molar-refractivity contribution >= 4 is 28.9 Å². The summed E-state index contributed by atoms with van der Waals surface area (Å²) in [6.45, 7) is 6.10. The van der Waals surface area contributed by atoms with E-state index >= 15 is 0 Å². The maximum absolute atomic E-state index is 13.1. The molecule has 0 spiro atoms. The van der Waals surface area contributed by atoms with Gasteiger partial charge in [0.2, 0.25) is 0 Å². The molecule has 0 aliphatic heterocycles. The molecule has 0 amide bonds. The Morgan fingerprint density at radius 2 is 1.94 bits per heavy atom. The minimum Gasteiger partial charge on any atom is -0.383 e. The Morgan fingerprint density at radius 3 is 2.67 bits per heavy atom. The van der Waals surface area contributed by atoms with Crippen molar-refractivity contribution in [1.29, 1.82) is 0 Å². The number of carbonyl (C=O) groups excluding carboxylic acids is 1. The number of hydrogen-bond donors (Lipinski definition) is 0. The summed E-state index contributed by atoms with van der Waals surface area (Å²) >= 11 is 3.18. The Balaban J connectivity index is 1.47. The second-order valence-electron chi connectivity index (χ2n) is 7.66. The highest BCUT2D eigenvalue weighted by molar-refractivity contribution is 7.99. The third-order valence-electron chi connectivity index (χ3n) is 5.54. The molecular formula is C24H27N5O2S2. The molecule has 0 atom stereocenters. The van der Waals surface area contributed by atoms with Gasteiger partial charge in [0.1, 0.15) is 0 Å². The van der Waals surface area contributed by atoms with E-state index in [0.717, 1.165) is 41.3 Å². The number of pyridine rings is 1. The predicted molar refractivity (Wildman–Crippen MR) is 132 cm³/mol. The number of Topliss-reactive ketones (excluding diaryl/α,β-unsaturated/α-hetero) is 1. The van der Waals surface area contributed by atoms with Gasteiger partial charge in [0, 0.05) is 53.4 Å². The van der Waals surface area contributed by atoms with E-state index in [0.29, 0.717) is 24.1 Å². The summed E-state index contributed by atoms with van der Waals surface area (Å²) in [7, 11) is 1.67. The smallest absolute Gasteiger partial charge is 0.192 e. The number of methoxy groups -OCH3 is 1. The van der Waals surface area contributed by atoms with Crippen molar-refractivity contribution in [3.8, 4) is 11.4 Å². The normalized spacial score (nSPS) is 11.2. The summed E-state index contributed by atoms with van der Waals surface area (Å²) < 4.78 is 9.51. The molecule has 0 fully saturated rings. The molecule has 4 aromatic heterocycles. The third kappa shape index (κ3) is 5.43. The Kier molecular flexibility index (Phi) is 7.74. The van der Waals surface area contributed by atoms with E-state index in [1.165, 1.54) is 16.6 Å². The van der Waals surface area contributed by atoms with E-state index in [1.807, 2.05) is 29.7 Å². The molecule has 172 valence electrons. The molecule has 0 aliphatic carbocycles. The first-order chi connectivity index (χ1) is 16.1. The van der Waals surface area contributed by atoms with Crippen LogP contribution in [0.15, 0.2) is 53.3 Å². The molecule has 33 heavy (non-hydrogen) atoms. The molecule has 0 N–H and O–H groups in total. The van der Waals surface area contributed by atoms with Crippen LogP contribution in [0.4, 0.5) is 0 Å². The zero-order chi connectivity index (χ0) is 23.2. The van der Waals surface area contributed by atoms with Crippen LogP contribution in [-0.2, 0) is 24.2 Å². The van der Waals surface area contributed by atoms with E-state index in [1.54, 1.807) is 30.8 Å². The molecule has 0 aromatic carbocycles. The first-order valence-electron chi connectivity index (χ1n) is 10.8. The summed E-state index contributed by atoms with van der Waals surface area (Å²) in [6.07, 6.45) is 4.43. The molecule has 4 rings (SSSR count). The lowest BCUT2D eigenvalue weighted by Gasteiger charge is -2.10. The fourth-order valence-electron chi connectivity index (χ4n) is 3.81. The number of thioether (sulfide) groups is 1. The Morgan fingerprint density at radius 1 is 1.12 bits per heavy atom. The molecule has 0 saturated heterocycles. The highest BCUT2D eigenvalue weighted by Gasteiger charge is 2.19. The molecule has 0 bridgehead atoms. The number of nitrogens with zero attached hydrogens (tertiary/aromatic N) is 5. The van der Waals surface area contributed by atoms with Gasteiger partial charge in [-0.3, -0.25) is 14.3 Å². The van der Waals surface area contributed by atoms with Gasteiger partial charge in [-0.2, -0.15) is 0 Å². The van der Waals surface area contributed by atoms with Crippen LogP contribution < -0.4 is 0 Å². The summed E-state index contributed by atoms with van der Waals surface area (Å²) in [6, 6.07) is 10.0. The second kappa shape index (κ2) is 10.9. The van der Waals surface area contributed by atoms with Crippen molar-refractivity contribution < 1.29 is 9.53 Å². The topological polar surface area (TPSA) is 74.8 Å². The van der Waals surface area contributed by atoms with Crippen LogP contribution in [0.3, 0.4) is 0 Å². The van der Waals surface area contributed by atoms with Gasteiger partial charge in [-0.25, -0.2) is 0 Å². The van der Waals surface area contributed by atoms with Crippen molar-refractivity contribution in [3.63, 3.8) is 0 Å². The summed E-state index contributed by atoms with van der Waals surface area (Å²) in [4.78, 5) is 18.5. The number of ketones is 1. The Hall–Kier alpha value is -2.75. The van der Waals surface area contributed by atoms with E-state index in [2.05, 4.69) is 44.2 Å². The summed E-state index contributed by atoms with van der Waals surface area (Å²) in [5, 5.41) is 11.5. The van der Waals surface area contributed by atoms with E-state index in [9.17, 15) is 4.79 Å². The van der Waals surface area contributed by atoms with Crippen LogP contribution in [0.2, 0.25) is 0 Å². The van der Waals surface area contributed by atoms with Crippen LogP contribution in [0.25, 0.3) is 11.4 Å². The lowest BCUT2D eigenvalue weighted by molar-refractivity contribution is 0.102. The Labute approximate surface area is 201 Å². The lowest BCUT2D eigenvalue weighted by atomic mass is 10.2. The van der Waals surface area contributed by atoms with Gasteiger partial charge in [0.15, 0.2) is 16.8 Å². The van der Waals surface area contributed by atoms with Crippen molar-refractivity contribution in [3.05, 3.63) is 69.9 Å². The van der Waals surface area contributed by atoms with Gasteiger partial charge < -0.3 is 9.30 Å². The molecule has 9 heteroatoms. The van der Waals surface area contributed by atoms with Crippen LogP contribution in [0.1, 0.15) is 26.6 Å². The van der Waals surface area contributed by atoms with E-state index in [4.69, 9.17) is 4.74 Å². The zero-order valence-corrected chi connectivity index (χ0v) is 20.7. The minimum atomic E-state index is 0.0993. The first-order valence-corrected chi connectivity index (χ1v) is 12.6.